The van der Waals surface area contributed by atoms with Crippen molar-refractivity contribution in [2.45, 2.75) is 260 Å². The SMILES string of the molecule is C/C(=C\c1ccc(COCCCCCCCCCCOCCCCCCCCCCCC[NH2+]Cc2cc(C(C)(C)C)cc(C(C)(C)C)c2)cc1)c1ccc(CNCc2ccc(COC(=O)c3cc(C(C)(C)C)cc(C(C)(C)C)c3)cc2)cc1. The van der Waals surface area contributed by atoms with Gasteiger partial charge < -0.3 is 24.8 Å². The van der Waals surface area contributed by atoms with E-state index in [9.17, 15) is 4.79 Å². The summed E-state index contributed by atoms with van der Waals surface area (Å²) in [6, 6.07) is 39.4. The second-order valence-corrected chi connectivity index (χ2v) is 28.3. The molecule has 5 aromatic rings. The number of carbonyl (C=O) groups excluding carboxylic acids is 1. The number of quaternary nitrogens is 1. The Morgan fingerprint density at radius 3 is 1.24 bits per heavy atom. The number of allylic oxidation sites excluding steroid dienone is 1. The van der Waals surface area contributed by atoms with Crippen LogP contribution >= 0.6 is 0 Å². The van der Waals surface area contributed by atoms with Crippen molar-refractivity contribution in [3.05, 3.63) is 176 Å². The van der Waals surface area contributed by atoms with Gasteiger partial charge in [0.05, 0.1) is 18.7 Å². The third-order valence-electron chi connectivity index (χ3n) is 16.4. The van der Waals surface area contributed by atoms with Crippen molar-refractivity contribution in [3.8, 4) is 0 Å². The first-order valence-electron chi connectivity index (χ1n) is 32.6. The quantitative estimate of drug-likeness (QED) is 0.0236. The van der Waals surface area contributed by atoms with E-state index in [4.69, 9.17) is 14.2 Å². The zero-order chi connectivity index (χ0) is 60.1. The van der Waals surface area contributed by atoms with Crippen LogP contribution in [0.3, 0.4) is 0 Å². The Morgan fingerprint density at radius 2 is 0.783 bits per heavy atom. The van der Waals surface area contributed by atoms with Crippen LogP contribution in [0, 0.1) is 0 Å². The highest BCUT2D eigenvalue weighted by Gasteiger charge is 2.24. The number of hydrogen-bond donors (Lipinski definition) is 2. The zero-order valence-electron chi connectivity index (χ0n) is 54.8. The monoisotopic (exact) mass is 1130 g/mol. The summed E-state index contributed by atoms with van der Waals surface area (Å²) in [5.74, 6) is -0.285. The summed E-state index contributed by atoms with van der Waals surface area (Å²) in [5.41, 5.74) is 15.8. The maximum absolute atomic E-state index is 13.2. The summed E-state index contributed by atoms with van der Waals surface area (Å²) in [4.78, 5) is 13.2. The van der Waals surface area contributed by atoms with Gasteiger partial charge in [0.2, 0.25) is 0 Å². The molecule has 456 valence electrons. The Hall–Kier alpha value is -4.85. The van der Waals surface area contributed by atoms with E-state index in [-0.39, 0.29) is 34.2 Å². The van der Waals surface area contributed by atoms with Gasteiger partial charge >= 0.3 is 5.97 Å². The minimum absolute atomic E-state index is 0.0651. The highest BCUT2D eigenvalue weighted by molar-refractivity contribution is 5.90. The Balaban J connectivity index is 0.791. The predicted octanol–water partition coefficient (Wildman–Crippen LogP) is 19.4. The molecule has 0 heterocycles. The van der Waals surface area contributed by atoms with E-state index in [0.717, 1.165) is 62.6 Å². The third-order valence-corrected chi connectivity index (χ3v) is 16.4. The Bertz CT molecular complexity index is 2570. The molecule has 5 rings (SSSR count). The summed E-state index contributed by atoms with van der Waals surface area (Å²) in [6.07, 6.45) is 26.0. The fourth-order valence-electron chi connectivity index (χ4n) is 10.5. The van der Waals surface area contributed by atoms with Crippen molar-refractivity contribution in [3.63, 3.8) is 0 Å². The van der Waals surface area contributed by atoms with Crippen molar-refractivity contribution in [2.75, 3.05) is 26.4 Å². The minimum Gasteiger partial charge on any atom is -0.457 e. The molecule has 0 bridgehead atoms. The molecule has 5 aromatic carbocycles. The van der Waals surface area contributed by atoms with E-state index in [0.29, 0.717) is 12.2 Å². The number of hydrogen-bond acceptors (Lipinski definition) is 5. The van der Waals surface area contributed by atoms with Gasteiger partial charge in [0.25, 0.3) is 0 Å². The molecular weight excluding hydrogens is 1020 g/mol. The summed E-state index contributed by atoms with van der Waals surface area (Å²) in [5, 5.41) is 6.10. The van der Waals surface area contributed by atoms with Crippen LogP contribution in [0.2, 0.25) is 0 Å². The highest BCUT2D eigenvalue weighted by atomic mass is 16.5. The summed E-state index contributed by atoms with van der Waals surface area (Å²) < 4.78 is 17.8. The first kappa shape index (κ1) is 68.9. The predicted molar refractivity (Wildman–Crippen MR) is 354 cm³/mol. The lowest BCUT2D eigenvalue weighted by Crippen LogP contribution is -2.82. The minimum atomic E-state index is -0.285. The number of ether oxygens (including phenoxy) is 3. The molecule has 0 saturated heterocycles. The number of esters is 1. The molecule has 0 aliphatic carbocycles. The molecule has 0 aliphatic heterocycles. The summed E-state index contributed by atoms with van der Waals surface area (Å²) >= 11 is 0. The fourth-order valence-corrected chi connectivity index (χ4v) is 10.5. The highest BCUT2D eigenvalue weighted by Crippen LogP contribution is 2.32. The molecule has 0 aromatic heterocycles. The van der Waals surface area contributed by atoms with Crippen molar-refractivity contribution in [1.82, 2.24) is 5.32 Å². The second-order valence-electron chi connectivity index (χ2n) is 28.3. The van der Waals surface area contributed by atoms with E-state index in [2.05, 4.69) is 192 Å². The van der Waals surface area contributed by atoms with Crippen molar-refractivity contribution >= 4 is 17.6 Å². The summed E-state index contributed by atoms with van der Waals surface area (Å²) in [6.45, 7) is 36.7. The smallest absolute Gasteiger partial charge is 0.338 e. The van der Waals surface area contributed by atoms with Gasteiger partial charge in [-0.15, -0.1) is 0 Å². The van der Waals surface area contributed by atoms with Crippen molar-refractivity contribution in [1.29, 1.82) is 0 Å². The van der Waals surface area contributed by atoms with Gasteiger partial charge in [-0.05, 0) is 146 Å². The lowest BCUT2D eigenvalue weighted by Gasteiger charge is -2.26. The van der Waals surface area contributed by atoms with Gasteiger partial charge in [-0.1, -0.05) is 258 Å². The number of nitrogens with one attached hydrogen (secondary N) is 1. The maximum Gasteiger partial charge on any atom is 0.338 e. The van der Waals surface area contributed by atoms with Crippen LogP contribution in [-0.4, -0.2) is 32.3 Å². The molecule has 6 nitrogen and oxygen atoms in total. The number of rotatable bonds is 37. The fraction of sp³-hybridized carbons (Fsp3) is 0.571. The molecule has 83 heavy (non-hydrogen) atoms. The zero-order valence-corrected chi connectivity index (χ0v) is 54.8. The van der Waals surface area contributed by atoms with Crippen LogP contribution in [-0.2, 0) is 68.7 Å². The van der Waals surface area contributed by atoms with Gasteiger partial charge in [0.1, 0.15) is 13.2 Å². The molecule has 6 heteroatoms. The number of benzene rings is 5. The lowest BCUT2D eigenvalue weighted by molar-refractivity contribution is -0.671. The molecule has 3 N–H and O–H groups in total. The van der Waals surface area contributed by atoms with Crippen LogP contribution in [0.25, 0.3) is 11.6 Å². The molecule has 0 spiro atoms. The van der Waals surface area contributed by atoms with Crippen molar-refractivity contribution < 1.29 is 24.3 Å². The van der Waals surface area contributed by atoms with E-state index in [1.807, 2.05) is 24.3 Å². The molecule has 0 amide bonds. The van der Waals surface area contributed by atoms with E-state index in [1.165, 1.54) is 166 Å². The molecule has 0 fully saturated rings. The van der Waals surface area contributed by atoms with Gasteiger partial charge in [0, 0.05) is 38.5 Å². The Morgan fingerprint density at radius 1 is 0.410 bits per heavy atom. The summed E-state index contributed by atoms with van der Waals surface area (Å²) in [7, 11) is 0. The Kier molecular flexibility index (Phi) is 29.5. The number of carbonyl (C=O) groups is 1. The van der Waals surface area contributed by atoms with Gasteiger partial charge in [0.15, 0.2) is 0 Å². The van der Waals surface area contributed by atoms with Crippen LogP contribution in [0.1, 0.15) is 277 Å². The maximum atomic E-state index is 13.2. The average molecular weight is 1130 g/mol. The van der Waals surface area contributed by atoms with Crippen LogP contribution in [0.15, 0.2) is 109 Å². The first-order chi connectivity index (χ1) is 39.5. The second kappa shape index (κ2) is 35.6. The third kappa shape index (κ3) is 27.4. The van der Waals surface area contributed by atoms with Gasteiger partial charge in [-0.2, -0.15) is 0 Å². The van der Waals surface area contributed by atoms with Crippen LogP contribution in [0.4, 0.5) is 0 Å². The van der Waals surface area contributed by atoms with E-state index < -0.39 is 0 Å². The number of unbranched alkanes of at least 4 members (excludes halogenated alkanes) is 16. The molecule has 0 radical (unpaired) electrons. The Labute approximate surface area is 507 Å². The van der Waals surface area contributed by atoms with Crippen LogP contribution < -0.4 is 10.6 Å². The first-order valence-corrected chi connectivity index (χ1v) is 32.6. The molecule has 0 atom stereocenters. The molecule has 0 aliphatic rings. The average Bonchev–Trinajstić information content (AvgIpc) is 3.59. The number of nitrogens with two attached hydrogens (primary N) is 1. The molecular formula is C77H115N2O4+. The van der Waals surface area contributed by atoms with Gasteiger partial charge in [-0.3, -0.25) is 0 Å². The van der Waals surface area contributed by atoms with E-state index in [1.54, 1.807) is 0 Å². The van der Waals surface area contributed by atoms with Crippen LogP contribution in [0.5, 0.6) is 0 Å². The standard InChI is InChI=1S/C77H114N2O4/c1-60(67-42-40-63(41-43-67)56-79-55-62-34-38-65(39-35-62)59-83-73(80)68-51-71(76(8,9)10)54-72(52-68)77(11,12)13)48-61-32-36-64(37-33-61)58-82-47-31-27-23-19-18-22-26-30-46-81-45-29-25-21-17-15-14-16-20-24-28-44-78-57-66-49-69(74(2,3)4)53-70(50-66)75(5,6)7/h32-43,48-54,78-79H,14-31,44-47,55-59H2,1-13H3/p+1/b60-48+. The molecule has 0 unspecified atom stereocenters. The largest absolute Gasteiger partial charge is 0.457 e. The van der Waals surface area contributed by atoms with Gasteiger partial charge in [-0.25, -0.2) is 4.79 Å². The normalized spacial score (nSPS) is 12.6. The lowest BCUT2D eigenvalue weighted by atomic mass is 9.79. The molecule has 0 saturated carbocycles. The van der Waals surface area contributed by atoms with Crippen molar-refractivity contribution in [2.24, 2.45) is 0 Å². The topological polar surface area (TPSA) is 73.4 Å². The van der Waals surface area contributed by atoms with E-state index >= 15 is 0 Å².